The number of nitrogens with one attached hydrogen (secondary N) is 1. The summed E-state index contributed by atoms with van der Waals surface area (Å²) in [5, 5.41) is 6.67. The van der Waals surface area contributed by atoms with E-state index >= 15 is 0 Å². The summed E-state index contributed by atoms with van der Waals surface area (Å²) >= 11 is 3.18. The van der Waals surface area contributed by atoms with Gasteiger partial charge in [-0.3, -0.25) is 4.79 Å². The van der Waals surface area contributed by atoms with E-state index in [1.807, 2.05) is 24.4 Å². The van der Waals surface area contributed by atoms with E-state index in [0.29, 0.717) is 18.7 Å². The second kappa shape index (κ2) is 9.66. The fraction of sp³-hybridized carbons (Fsp3) is 0.273. The topological polar surface area (TPSA) is 69.7 Å². The van der Waals surface area contributed by atoms with Gasteiger partial charge in [-0.2, -0.15) is 8.78 Å². The van der Waals surface area contributed by atoms with Crippen LogP contribution in [0, 0.1) is 6.92 Å². The third-order valence-corrected chi connectivity index (χ3v) is 6.55. The molecule has 0 radical (unpaired) electrons. The van der Waals surface area contributed by atoms with E-state index in [1.165, 1.54) is 13.2 Å². The first kappa shape index (κ1) is 22.2. The monoisotopic (exact) mass is 478 g/mol. The molecular formula is C22H20F2N2O4S2. The molecule has 10 heteroatoms. The molecule has 1 amide bonds. The maximum atomic E-state index is 12.6. The zero-order chi connectivity index (χ0) is 22.7. The molecule has 4 aromatic rings. The van der Waals surface area contributed by atoms with Crippen molar-refractivity contribution < 1.29 is 27.8 Å². The van der Waals surface area contributed by atoms with Crippen LogP contribution >= 0.6 is 22.7 Å². The van der Waals surface area contributed by atoms with Gasteiger partial charge in [0.25, 0.3) is 5.91 Å². The number of halogens is 2. The van der Waals surface area contributed by atoms with E-state index < -0.39 is 6.61 Å². The summed E-state index contributed by atoms with van der Waals surface area (Å²) in [6, 6.07) is 8.66. The van der Waals surface area contributed by atoms with Gasteiger partial charge in [-0.05, 0) is 42.5 Å². The average Bonchev–Trinajstić information content (AvgIpc) is 3.37. The van der Waals surface area contributed by atoms with Crippen molar-refractivity contribution in [1.82, 2.24) is 10.3 Å². The number of carbonyl (C=O) groups excluding carboxylic acids is 1. The van der Waals surface area contributed by atoms with E-state index in [0.717, 1.165) is 30.9 Å². The molecule has 0 aliphatic rings. The highest BCUT2D eigenvalue weighted by molar-refractivity contribution is 7.21. The van der Waals surface area contributed by atoms with E-state index in [2.05, 4.69) is 15.0 Å². The Bertz CT molecular complexity index is 1260. The molecule has 2 aromatic heterocycles. The number of thiazole rings is 1. The third kappa shape index (κ3) is 4.91. The minimum Gasteiger partial charge on any atom is -0.493 e. The summed E-state index contributed by atoms with van der Waals surface area (Å²) in [5.41, 5.74) is 1.69. The number of thiophene rings is 1. The first-order valence-electron chi connectivity index (χ1n) is 9.73. The van der Waals surface area contributed by atoms with Gasteiger partial charge in [0.15, 0.2) is 18.1 Å². The normalized spacial score (nSPS) is 11.3. The molecule has 0 atom stereocenters. The number of aryl methyl sites for hydroxylation is 1. The van der Waals surface area contributed by atoms with Crippen molar-refractivity contribution in [3.05, 3.63) is 46.3 Å². The molecular weight excluding hydrogens is 458 g/mol. The van der Waals surface area contributed by atoms with Crippen LogP contribution in [0.4, 0.5) is 8.78 Å². The SMILES string of the molecule is COc1ccc(CCNC(=O)COc2cc3sc(C)nc3c3sccc23)cc1OC(F)F. The van der Waals surface area contributed by atoms with Crippen molar-refractivity contribution in [3.63, 3.8) is 0 Å². The molecule has 0 unspecified atom stereocenters. The Morgan fingerprint density at radius 3 is 2.81 bits per heavy atom. The van der Waals surface area contributed by atoms with Gasteiger partial charge < -0.3 is 19.5 Å². The fourth-order valence-electron chi connectivity index (χ4n) is 3.31. The Labute approximate surface area is 190 Å². The lowest BCUT2D eigenvalue weighted by atomic mass is 10.1. The number of methoxy groups -OCH3 is 1. The Morgan fingerprint density at radius 2 is 2.03 bits per heavy atom. The fourth-order valence-corrected chi connectivity index (χ4v) is 5.14. The smallest absolute Gasteiger partial charge is 0.387 e. The summed E-state index contributed by atoms with van der Waals surface area (Å²) in [6.45, 7) is -0.789. The maximum absolute atomic E-state index is 12.6. The van der Waals surface area contributed by atoms with Gasteiger partial charge in [0.1, 0.15) is 5.75 Å². The number of fused-ring (bicyclic) bond motifs is 3. The zero-order valence-corrected chi connectivity index (χ0v) is 18.9. The molecule has 0 aliphatic carbocycles. The molecule has 6 nitrogen and oxygen atoms in total. The summed E-state index contributed by atoms with van der Waals surface area (Å²) in [6.07, 6.45) is 0.441. The van der Waals surface area contributed by atoms with Crippen LogP contribution in [0.15, 0.2) is 35.7 Å². The molecule has 0 spiro atoms. The molecule has 0 fully saturated rings. The van der Waals surface area contributed by atoms with Crippen molar-refractivity contribution in [1.29, 1.82) is 0 Å². The number of alkyl halides is 2. The lowest BCUT2D eigenvalue weighted by Gasteiger charge is -2.12. The molecule has 32 heavy (non-hydrogen) atoms. The first-order valence-corrected chi connectivity index (χ1v) is 11.4. The lowest BCUT2D eigenvalue weighted by molar-refractivity contribution is -0.123. The summed E-state index contributed by atoms with van der Waals surface area (Å²) in [7, 11) is 1.38. The van der Waals surface area contributed by atoms with Gasteiger partial charge in [-0.15, -0.1) is 22.7 Å². The van der Waals surface area contributed by atoms with Crippen LogP contribution in [0.5, 0.6) is 17.2 Å². The number of amides is 1. The van der Waals surface area contributed by atoms with Gasteiger partial charge in [0.05, 0.1) is 27.0 Å². The summed E-state index contributed by atoms with van der Waals surface area (Å²) in [4.78, 5) is 16.9. The molecule has 0 saturated heterocycles. The molecule has 2 heterocycles. The van der Waals surface area contributed by atoms with Crippen molar-refractivity contribution in [3.8, 4) is 17.2 Å². The molecule has 0 saturated carbocycles. The van der Waals surface area contributed by atoms with Crippen molar-refractivity contribution in [2.75, 3.05) is 20.3 Å². The van der Waals surface area contributed by atoms with Gasteiger partial charge in [-0.25, -0.2) is 4.98 Å². The van der Waals surface area contributed by atoms with Crippen LogP contribution in [0.3, 0.4) is 0 Å². The summed E-state index contributed by atoms with van der Waals surface area (Å²) in [5.74, 6) is 0.561. The second-order valence-corrected chi connectivity index (χ2v) is 9.02. The first-order chi connectivity index (χ1) is 15.4. The van der Waals surface area contributed by atoms with E-state index in [1.54, 1.807) is 34.8 Å². The third-order valence-electron chi connectivity index (χ3n) is 4.71. The predicted octanol–water partition coefficient (Wildman–Crippen LogP) is 5.17. The number of ether oxygens (including phenoxy) is 3. The Balaban J connectivity index is 1.34. The molecule has 1 N–H and O–H groups in total. The number of carbonyl (C=O) groups is 1. The highest BCUT2D eigenvalue weighted by Gasteiger charge is 2.14. The molecule has 2 aromatic carbocycles. The molecule has 0 bridgehead atoms. The van der Waals surface area contributed by atoms with Crippen molar-refractivity contribution >= 4 is 48.9 Å². The maximum Gasteiger partial charge on any atom is 0.387 e. The highest BCUT2D eigenvalue weighted by Crippen LogP contribution is 2.38. The molecule has 4 rings (SSSR count). The highest BCUT2D eigenvalue weighted by atomic mass is 32.1. The van der Waals surface area contributed by atoms with Gasteiger partial charge >= 0.3 is 6.61 Å². The number of benzene rings is 2. The summed E-state index contributed by atoms with van der Waals surface area (Å²) < 4.78 is 42.5. The van der Waals surface area contributed by atoms with Crippen molar-refractivity contribution in [2.45, 2.75) is 20.0 Å². The largest absolute Gasteiger partial charge is 0.493 e. The van der Waals surface area contributed by atoms with E-state index in [9.17, 15) is 13.6 Å². The number of rotatable bonds is 9. The van der Waals surface area contributed by atoms with Crippen LogP contribution in [0.25, 0.3) is 20.3 Å². The number of nitrogens with zero attached hydrogens (tertiary/aromatic N) is 1. The Hall–Kier alpha value is -2.98. The minimum absolute atomic E-state index is 0.0388. The second-order valence-electron chi connectivity index (χ2n) is 6.87. The van der Waals surface area contributed by atoms with Crippen molar-refractivity contribution in [2.24, 2.45) is 0 Å². The van der Waals surface area contributed by atoms with Gasteiger partial charge in [-0.1, -0.05) is 6.07 Å². The van der Waals surface area contributed by atoms with Crippen LogP contribution in [-0.2, 0) is 11.2 Å². The van der Waals surface area contributed by atoms with Gasteiger partial charge in [0.2, 0.25) is 0 Å². The average molecular weight is 479 g/mol. The minimum atomic E-state index is -2.95. The predicted molar refractivity (Wildman–Crippen MR) is 122 cm³/mol. The van der Waals surface area contributed by atoms with Crippen LogP contribution < -0.4 is 19.5 Å². The van der Waals surface area contributed by atoms with Crippen LogP contribution in [-0.4, -0.2) is 37.8 Å². The lowest BCUT2D eigenvalue weighted by Crippen LogP contribution is -2.30. The number of hydrogen-bond acceptors (Lipinski definition) is 7. The quantitative estimate of drug-likeness (QED) is 0.360. The van der Waals surface area contributed by atoms with Crippen LogP contribution in [0.1, 0.15) is 10.6 Å². The van der Waals surface area contributed by atoms with Crippen LogP contribution in [0.2, 0.25) is 0 Å². The van der Waals surface area contributed by atoms with E-state index in [-0.39, 0.29) is 24.0 Å². The Morgan fingerprint density at radius 1 is 1.19 bits per heavy atom. The zero-order valence-electron chi connectivity index (χ0n) is 17.3. The Kier molecular flexibility index (Phi) is 6.71. The molecule has 168 valence electrons. The van der Waals surface area contributed by atoms with E-state index in [4.69, 9.17) is 9.47 Å². The number of hydrogen-bond donors (Lipinski definition) is 1. The number of aromatic nitrogens is 1. The molecule has 0 aliphatic heterocycles. The standard InChI is InChI=1S/C22H20F2N2O4S2/c1-12-26-20-18(32-12)10-16(14-6-8-31-21(14)20)29-11-19(27)25-7-5-13-3-4-15(28-2)17(9-13)30-22(23)24/h3-4,6,8-10,22H,5,7,11H2,1-2H3,(H,25,27). The van der Waals surface area contributed by atoms with Gasteiger partial charge in [0, 0.05) is 18.0 Å².